The summed E-state index contributed by atoms with van der Waals surface area (Å²) in [6, 6.07) is 13.0. The molecule has 0 bridgehead atoms. The Morgan fingerprint density at radius 1 is 1.16 bits per heavy atom. The van der Waals surface area contributed by atoms with Crippen molar-refractivity contribution in [2.45, 2.75) is 19.9 Å². The monoisotopic (exact) mass is 371 g/mol. The first-order valence-electron chi connectivity index (χ1n) is 7.88. The number of fused-ring (bicyclic) bond motifs is 3. The van der Waals surface area contributed by atoms with Gasteiger partial charge in [0.25, 0.3) is 0 Å². The quantitative estimate of drug-likeness (QED) is 0.671. The molecule has 3 aromatic rings. The molecule has 4 nitrogen and oxygen atoms in total. The highest BCUT2D eigenvalue weighted by molar-refractivity contribution is 6.42. The molecule has 25 heavy (non-hydrogen) atoms. The van der Waals surface area contributed by atoms with Crippen LogP contribution in [0.5, 0.6) is 0 Å². The van der Waals surface area contributed by atoms with E-state index in [1.165, 1.54) is 0 Å². The first-order chi connectivity index (χ1) is 12.0. The summed E-state index contributed by atoms with van der Waals surface area (Å²) >= 11 is 12.3. The Kier molecular flexibility index (Phi) is 3.82. The number of carbonyl (C=O) groups is 1. The Labute approximate surface area is 155 Å². The van der Waals surface area contributed by atoms with Gasteiger partial charge in [0.1, 0.15) is 0 Å². The molecule has 0 aliphatic carbocycles. The van der Waals surface area contributed by atoms with E-state index in [0.717, 1.165) is 22.3 Å². The number of hydrogen-bond acceptors (Lipinski definition) is 3. The number of halogens is 2. The molecule has 0 radical (unpaired) electrons. The van der Waals surface area contributed by atoms with Crippen LogP contribution in [-0.2, 0) is 4.79 Å². The summed E-state index contributed by atoms with van der Waals surface area (Å²) < 4.78 is 2.04. The number of hydrogen-bond donors (Lipinski definition) is 1. The van der Waals surface area contributed by atoms with Gasteiger partial charge in [0.15, 0.2) is 5.78 Å². The fourth-order valence-electron chi connectivity index (χ4n) is 3.42. The van der Waals surface area contributed by atoms with Crippen LogP contribution in [0.1, 0.15) is 25.5 Å². The average Bonchev–Trinajstić information content (AvgIpc) is 2.93. The molecule has 2 heterocycles. The molecule has 126 valence electrons. The number of benzene rings is 2. The summed E-state index contributed by atoms with van der Waals surface area (Å²) in [5, 5.41) is 4.21. The van der Waals surface area contributed by atoms with Gasteiger partial charge in [0.05, 0.1) is 27.1 Å². The van der Waals surface area contributed by atoms with Crippen LogP contribution in [0.3, 0.4) is 0 Å². The second kappa shape index (κ2) is 5.90. The van der Waals surface area contributed by atoms with Crippen LogP contribution in [-0.4, -0.2) is 15.3 Å². The molecule has 0 fully saturated rings. The third-order valence-corrected chi connectivity index (χ3v) is 5.21. The van der Waals surface area contributed by atoms with Crippen molar-refractivity contribution >= 4 is 46.0 Å². The Hall–Kier alpha value is -2.30. The summed E-state index contributed by atoms with van der Waals surface area (Å²) in [5.74, 6) is 0.712. The summed E-state index contributed by atoms with van der Waals surface area (Å²) in [6.07, 6.45) is 0. The normalized spacial score (nSPS) is 16.7. The fraction of sp³-hybridized carbons (Fsp3) is 0.158. The number of carbonyl (C=O) groups excluding carboxylic acids is 1. The molecule has 1 aliphatic heterocycles. The molecule has 1 aliphatic rings. The number of allylic oxidation sites excluding steroid dienone is 2. The predicted molar refractivity (Wildman–Crippen MR) is 101 cm³/mol. The number of Topliss-reactive ketones (excluding diaryl/α,β-unsaturated/α-hetero) is 1. The number of para-hydroxylation sites is 2. The lowest BCUT2D eigenvalue weighted by Gasteiger charge is -2.30. The molecule has 4 rings (SSSR count). The average molecular weight is 372 g/mol. The van der Waals surface area contributed by atoms with Gasteiger partial charge in [0.2, 0.25) is 5.95 Å². The van der Waals surface area contributed by atoms with Crippen LogP contribution in [0.15, 0.2) is 53.7 Å². The predicted octanol–water partition coefficient (Wildman–Crippen LogP) is 5.22. The van der Waals surface area contributed by atoms with E-state index in [2.05, 4.69) is 10.3 Å². The molecule has 6 heteroatoms. The van der Waals surface area contributed by atoms with E-state index in [-0.39, 0.29) is 11.8 Å². The molecule has 0 spiro atoms. The molecule has 1 aromatic heterocycles. The standard InChI is InChI=1S/C19H15Cl2N3O/c1-10-17(11(2)25)18(12-7-8-13(20)14(21)9-12)24-16-6-4-3-5-15(16)23-19(24)22-10/h3-9,18H,1-2H3,(H,22,23)/t18-/m1/s1. The number of aromatic nitrogens is 2. The number of anilines is 1. The van der Waals surface area contributed by atoms with Crippen LogP contribution < -0.4 is 5.32 Å². The number of nitrogens with zero attached hydrogens (tertiary/aromatic N) is 2. The number of rotatable bonds is 2. The Balaban J connectivity index is 2.04. The van der Waals surface area contributed by atoms with E-state index in [1.54, 1.807) is 13.0 Å². The molecular weight excluding hydrogens is 357 g/mol. The van der Waals surface area contributed by atoms with Crippen molar-refractivity contribution in [3.05, 3.63) is 69.3 Å². The Morgan fingerprint density at radius 3 is 2.64 bits per heavy atom. The zero-order valence-electron chi connectivity index (χ0n) is 13.7. The maximum atomic E-state index is 12.4. The van der Waals surface area contributed by atoms with Gasteiger partial charge in [-0.15, -0.1) is 0 Å². The van der Waals surface area contributed by atoms with E-state index in [0.29, 0.717) is 21.6 Å². The molecule has 0 saturated carbocycles. The first-order valence-corrected chi connectivity index (χ1v) is 8.63. The largest absolute Gasteiger partial charge is 0.329 e. The second-order valence-electron chi connectivity index (χ2n) is 6.09. The van der Waals surface area contributed by atoms with Crippen LogP contribution in [0.2, 0.25) is 10.0 Å². The maximum absolute atomic E-state index is 12.4. The van der Waals surface area contributed by atoms with E-state index >= 15 is 0 Å². The highest BCUT2D eigenvalue weighted by Crippen LogP contribution is 2.40. The maximum Gasteiger partial charge on any atom is 0.209 e. The minimum atomic E-state index is -0.309. The lowest BCUT2D eigenvalue weighted by Crippen LogP contribution is -2.27. The topological polar surface area (TPSA) is 46.9 Å². The minimum absolute atomic E-state index is 0.00417. The molecule has 0 unspecified atom stereocenters. The van der Waals surface area contributed by atoms with Crippen LogP contribution in [0.25, 0.3) is 11.0 Å². The zero-order chi connectivity index (χ0) is 17.7. The van der Waals surface area contributed by atoms with Crippen molar-refractivity contribution in [3.8, 4) is 0 Å². The van der Waals surface area contributed by atoms with Crippen molar-refractivity contribution < 1.29 is 4.79 Å². The highest BCUT2D eigenvalue weighted by Gasteiger charge is 2.32. The summed E-state index contributed by atoms with van der Waals surface area (Å²) in [4.78, 5) is 17.1. The second-order valence-corrected chi connectivity index (χ2v) is 6.90. The fourth-order valence-corrected chi connectivity index (χ4v) is 3.72. The molecule has 1 N–H and O–H groups in total. The minimum Gasteiger partial charge on any atom is -0.329 e. The van der Waals surface area contributed by atoms with Crippen LogP contribution in [0, 0.1) is 0 Å². The molecule has 0 amide bonds. The summed E-state index contributed by atoms with van der Waals surface area (Å²) in [7, 11) is 0. The first kappa shape index (κ1) is 16.2. The number of nitrogens with one attached hydrogen (secondary N) is 1. The molecule has 0 saturated heterocycles. The van der Waals surface area contributed by atoms with Gasteiger partial charge in [-0.25, -0.2) is 4.98 Å². The van der Waals surface area contributed by atoms with E-state index in [4.69, 9.17) is 23.2 Å². The summed E-state index contributed by atoms with van der Waals surface area (Å²) in [6.45, 7) is 3.47. The van der Waals surface area contributed by atoms with Gasteiger partial charge >= 0.3 is 0 Å². The smallest absolute Gasteiger partial charge is 0.209 e. The van der Waals surface area contributed by atoms with Crippen LogP contribution in [0.4, 0.5) is 5.95 Å². The lowest BCUT2D eigenvalue weighted by molar-refractivity contribution is -0.114. The van der Waals surface area contributed by atoms with Crippen LogP contribution >= 0.6 is 23.2 Å². The third-order valence-electron chi connectivity index (χ3n) is 4.47. The third kappa shape index (κ3) is 2.53. The van der Waals surface area contributed by atoms with Gasteiger partial charge in [-0.2, -0.15) is 0 Å². The zero-order valence-corrected chi connectivity index (χ0v) is 15.2. The Bertz CT molecular complexity index is 1050. The van der Waals surface area contributed by atoms with Gasteiger partial charge in [0, 0.05) is 11.3 Å². The van der Waals surface area contributed by atoms with E-state index < -0.39 is 0 Å². The van der Waals surface area contributed by atoms with Gasteiger partial charge in [-0.05, 0) is 43.7 Å². The van der Waals surface area contributed by atoms with Crippen molar-refractivity contribution in [2.75, 3.05) is 5.32 Å². The molecule has 1 atom stereocenters. The van der Waals surface area contributed by atoms with E-state index in [1.807, 2.05) is 47.9 Å². The Morgan fingerprint density at radius 2 is 1.92 bits per heavy atom. The van der Waals surface area contributed by atoms with Gasteiger partial charge in [-0.1, -0.05) is 41.4 Å². The highest BCUT2D eigenvalue weighted by atomic mass is 35.5. The van der Waals surface area contributed by atoms with Crippen molar-refractivity contribution in [1.29, 1.82) is 0 Å². The van der Waals surface area contributed by atoms with Crippen molar-refractivity contribution in [1.82, 2.24) is 9.55 Å². The number of ketones is 1. The van der Waals surface area contributed by atoms with Gasteiger partial charge < -0.3 is 5.32 Å². The lowest BCUT2D eigenvalue weighted by atomic mass is 9.92. The number of imidazole rings is 1. The van der Waals surface area contributed by atoms with Crippen molar-refractivity contribution in [2.24, 2.45) is 0 Å². The summed E-state index contributed by atoms with van der Waals surface area (Å²) in [5.41, 5.74) is 4.20. The van der Waals surface area contributed by atoms with E-state index in [9.17, 15) is 4.79 Å². The SMILES string of the molecule is CC(=O)C1=C(C)Nc2nc3ccccc3n2[C@@H]1c1ccc(Cl)c(Cl)c1. The molecule has 2 aromatic carbocycles. The molecular formula is C19H15Cl2N3O. The van der Waals surface area contributed by atoms with Crippen molar-refractivity contribution in [3.63, 3.8) is 0 Å². The van der Waals surface area contributed by atoms with Gasteiger partial charge in [-0.3, -0.25) is 9.36 Å².